The van der Waals surface area contributed by atoms with Crippen LogP contribution in [0.25, 0.3) is 11.5 Å². The molecule has 0 aliphatic rings. The van der Waals surface area contributed by atoms with Crippen LogP contribution in [0.3, 0.4) is 0 Å². The molecule has 4 nitrogen and oxygen atoms in total. The van der Waals surface area contributed by atoms with Gasteiger partial charge in [-0.05, 0) is 36.8 Å². The molecule has 0 fully saturated rings. The van der Waals surface area contributed by atoms with Crippen molar-refractivity contribution in [3.05, 3.63) is 65.7 Å². The van der Waals surface area contributed by atoms with E-state index in [1.165, 1.54) is 12.1 Å². The van der Waals surface area contributed by atoms with E-state index in [0.29, 0.717) is 24.7 Å². The Morgan fingerprint density at radius 1 is 1.14 bits per heavy atom. The molecule has 2 aromatic carbocycles. The smallest absolute Gasteiger partial charge is 0.258 e. The second-order valence-electron chi connectivity index (χ2n) is 5.02. The number of aryl methyl sites for hydroxylation is 1. The molecular formula is C17H16FN3O. The summed E-state index contributed by atoms with van der Waals surface area (Å²) in [7, 11) is 0. The van der Waals surface area contributed by atoms with Crippen LogP contribution >= 0.6 is 0 Å². The number of anilines is 1. The number of benzene rings is 2. The van der Waals surface area contributed by atoms with Gasteiger partial charge in [-0.25, -0.2) is 4.39 Å². The fourth-order valence-electron chi connectivity index (χ4n) is 2.19. The lowest BCUT2D eigenvalue weighted by Gasteiger charge is -2.03. The van der Waals surface area contributed by atoms with Gasteiger partial charge in [0.1, 0.15) is 5.82 Å². The van der Waals surface area contributed by atoms with Gasteiger partial charge in [0.15, 0.2) is 5.82 Å². The van der Waals surface area contributed by atoms with Gasteiger partial charge in [-0.3, -0.25) is 0 Å². The highest BCUT2D eigenvalue weighted by molar-refractivity contribution is 5.57. The molecule has 0 saturated heterocycles. The molecule has 0 bridgehead atoms. The number of hydrogen-bond donors (Lipinski definition) is 1. The van der Waals surface area contributed by atoms with E-state index in [9.17, 15) is 4.39 Å². The van der Waals surface area contributed by atoms with Gasteiger partial charge in [-0.2, -0.15) is 4.98 Å². The van der Waals surface area contributed by atoms with Gasteiger partial charge in [-0.1, -0.05) is 29.4 Å². The van der Waals surface area contributed by atoms with Crippen molar-refractivity contribution in [3.63, 3.8) is 0 Å². The third-order valence-electron chi connectivity index (χ3n) is 3.35. The van der Waals surface area contributed by atoms with E-state index in [1.807, 2.05) is 37.3 Å². The molecule has 0 aliphatic carbocycles. The standard InChI is InChI=1S/C17H16FN3O/c1-12-5-2-3-8-15(12)17-20-16(21-22-17)9-10-19-14-7-4-6-13(18)11-14/h2-8,11,19H,9-10H2,1H3. The van der Waals surface area contributed by atoms with Crippen molar-refractivity contribution in [1.82, 2.24) is 10.1 Å². The molecule has 0 saturated carbocycles. The van der Waals surface area contributed by atoms with Crippen molar-refractivity contribution < 1.29 is 8.91 Å². The molecule has 1 heterocycles. The lowest BCUT2D eigenvalue weighted by molar-refractivity contribution is 0.422. The highest BCUT2D eigenvalue weighted by Gasteiger charge is 2.10. The van der Waals surface area contributed by atoms with E-state index >= 15 is 0 Å². The Hall–Kier alpha value is -2.69. The molecule has 5 heteroatoms. The maximum atomic E-state index is 13.1. The SMILES string of the molecule is Cc1ccccc1-c1nc(CCNc2cccc(F)c2)no1. The van der Waals surface area contributed by atoms with Crippen molar-refractivity contribution >= 4 is 5.69 Å². The Bertz CT molecular complexity index is 770. The molecule has 3 aromatic rings. The minimum Gasteiger partial charge on any atom is -0.385 e. The van der Waals surface area contributed by atoms with Crippen LogP contribution in [0.5, 0.6) is 0 Å². The van der Waals surface area contributed by atoms with Crippen LogP contribution in [0.4, 0.5) is 10.1 Å². The lowest BCUT2D eigenvalue weighted by Crippen LogP contribution is -2.06. The Labute approximate surface area is 128 Å². The maximum Gasteiger partial charge on any atom is 0.258 e. The zero-order chi connectivity index (χ0) is 15.4. The van der Waals surface area contributed by atoms with E-state index in [4.69, 9.17) is 4.52 Å². The predicted octanol–water partition coefficient (Wildman–Crippen LogP) is 3.84. The van der Waals surface area contributed by atoms with Crippen LogP contribution in [0.15, 0.2) is 53.1 Å². The van der Waals surface area contributed by atoms with Crippen molar-refractivity contribution in [3.8, 4) is 11.5 Å². The van der Waals surface area contributed by atoms with Crippen LogP contribution in [0.2, 0.25) is 0 Å². The Balaban J connectivity index is 1.62. The van der Waals surface area contributed by atoms with E-state index in [0.717, 1.165) is 16.8 Å². The van der Waals surface area contributed by atoms with Crippen LogP contribution < -0.4 is 5.32 Å². The minimum absolute atomic E-state index is 0.258. The molecule has 0 atom stereocenters. The second kappa shape index (κ2) is 6.39. The number of nitrogens with zero attached hydrogens (tertiary/aromatic N) is 2. The lowest BCUT2D eigenvalue weighted by atomic mass is 10.1. The van der Waals surface area contributed by atoms with Crippen LogP contribution in [0.1, 0.15) is 11.4 Å². The van der Waals surface area contributed by atoms with Crippen LogP contribution in [0, 0.1) is 12.7 Å². The normalized spacial score (nSPS) is 10.6. The molecular weight excluding hydrogens is 281 g/mol. The summed E-state index contributed by atoms with van der Waals surface area (Å²) in [4.78, 5) is 4.40. The highest BCUT2D eigenvalue weighted by atomic mass is 19.1. The average molecular weight is 297 g/mol. The molecule has 0 amide bonds. The third-order valence-corrected chi connectivity index (χ3v) is 3.35. The van der Waals surface area contributed by atoms with E-state index < -0.39 is 0 Å². The second-order valence-corrected chi connectivity index (χ2v) is 5.02. The quantitative estimate of drug-likeness (QED) is 0.777. The summed E-state index contributed by atoms with van der Waals surface area (Å²) in [5, 5.41) is 7.11. The molecule has 0 unspecified atom stereocenters. The van der Waals surface area contributed by atoms with Gasteiger partial charge in [0.2, 0.25) is 0 Å². The summed E-state index contributed by atoms with van der Waals surface area (Å²) >= 11 is 0. The first-order valence-electron chi connectivity index (χ1n) is 7.10. The van der Waals surface area contributed by atoms with Crippen molar-refractivity contribution in [2.45, 2.75) is 13.3 Å². The predicted molar refractivity (Wildman–Crippen MR) is 83.1 cm³/mol. The van der Waals surface area contributed by atoms with Gasteiger partial charge in [-0.15, -0.1) is 0 Å². The number of nitrogens with one attached hydrogen (secondary N) is 1. The topological polar surface area (TPSA) is 51.0 Å². The Morgan fingerprint density at radius 3 is 2.82 bits per heavy atom. The van der Waals surface area contributed by atoms with E-state index in [1.54, 1.807) is 6.07 Å². The van der Waals surface area contributed by atoms with Gasteiger partial charge >= 0.3 is 0 Å². The summed E-state index contributed by atoms with van der Waals surface area (Å²) < 4.78 is 18.4. The van der Waals surface area contributed by atoms with Gasteiger partial charge < -0.3 is 9.84 Å². The first-order chi connectivity index (χ1) is 10.7. The zero-order valence-corrected chi connectivity index (χ0v) is 12.2. The first kappa shape index (κ1) is 14.3. The molecule has 22 heavy (non-hydrogen) atoms. The first-order valence-corrected chi connectivity index (χ1v) is 7.10. The molecule has 0 spiro atoms. The van der Waals surface area contributed by atoms with E-state index in [-0.39, 0.29) is 5.82 Å². The monoisotopic (exact) mass is 297 g/mol. The van der Waals surface area contributed by atoms with Gasteiger partial charge in [0, 0.05) is 24.2 Å². The minimum atomic E-state index is -0.258. The number of hydrogen-bond acceptors (Lipinski definition) is 4. The average Bonchev–Trinajstić information content (AvgIpc) is 2.96. The molecule has 1 aromatic heterocycles. The fraction of sp³-hybridized carbons (Fsp3) is 0.176. The molecule has 0 radical (unpaired) electrons. The maximum absolute atomic E-state index is 13.1. The zero-order valence-electron chi connectivity index (χ0n) is 12.2. The number of rotatable bonds is 5. The van der Waals surface area contributed by atoms with Crippen molar-refractivity contribution in [2.75, 3.05) is 11.9 Å². The van der Waals surface area contributed by atoms with E-state index in [2.05, 4.69) is 15.5 Å². The van der Waals surface area contributed by atoms with Crippen LogP contribution in [-0.4, -0.2) is 16.7 Å². The fourth-order valence-corrected chi connectivity index (χ4v) is 2.19. The number of halogens is 1. The number of aromatic nitrogens is 2. The van der Waals surface area contributed by atoms with Crippen molar-refractivity contribution in [2.24, 2.45) is 0 Å². The Morgan fingerprint density at radius 2 is 2.00 bits per heavy atom. The largest absolute Gasteiger partial charge is 0.385 e. The van der Waals surface area contributed by atoms with Gasteiger partial charge in [0.25, 0.3) is 5.89 Å². The highest BCUT2D eigenvalue weighted by Crippen LogP contribution is 2.21. The van der Waals surface area contributed by atoms with Crippen molar-refractivity contribution in [1.29, 1.82) is 0 Å². The summed E-state index contributed by atoms with van der Waals surface area (Å²) in [6, 6.07) is 14.2. The summed E-state index contributed by atoms with van der Waals surface area (Å²) in [5.41, 5.74) is 2.78. The molecule has 3 rings (SSSR count). The Kier molecular flexibility index (Phi) is 4.14. The van der Waals surface area contributed by atoms with Crippen LogP contribution in [-0.2, 0) is 6.42 Å². The summed E-state index contributed by atoms with van der Waals surface area (Å²) in [5.74, 6) is 0.896. The summed E-state index contributed by atoms with van der Waals surface area (Å²) in [6.45, 7) is 2.61. The third kappa shape index (κ3) is 3.31. The molecule has 1 N–H and O–H groups in total. The molecule has 112 valence electrons. The molecule has 0 aliphatic heterocycles. The summed E-state index contributed by atoms with van der Waals surface area (Å²) in [6.07, 6.45) is 0.603. The van der Waals surface area contributed by atoms with Gasteiger partial charge in [0.05, 0.1) is 0 Å².